The van der Waals surface area contributed by atoms with Gasteiger partial charge in [0.15, 0.2) is 0 Å². The summed E-state index contributed by atoms with van der Waals surface area (Å²) in [5.41, 5.74) is 8.62. The zero-order valence-corrected chi connectivity index (χ0v) is 10.5. The maximum atomic E-state index is 5.74. The van der Waals surface area contributed by atoms with E-state index in [4.69, 9.17) is 15.2 Å². The first-order chi connectivity index (χ1) is 8.78. The fourth-order valence-electron chi connectivity index (χ4n) is 1.76. The third-order valence-electron chi connectivity index (χ3n) is 2.78. The summed E-state index contributed by atoms with van der Waals surface area (Å²) in [6.07, 6.45) is 1.69. The molecule has 0 radical (unpaired) electrons. The number of hydrogen-bond acceptors (Lipinski definition) is 4. The van der Waals surface area contributed by atoms with Crippen LogP contribution in [0.2, 0.25) is 0 Å². The molecule has 0 atom stereocenters. The summed E-state index contributed by atoms with van der Waals surface area (Å²) in [4.78, 5) is 4.37. The average Bonchev–Trinajstić information content (AvgIpc) is 2.46. The van der Waals surface area contributed by atoms with E-state index >= 15 is 0 Å². The second kappa shape index (κ2) is 5.51. The molecule has 0 saturated heterocycles. The zero-order chi connectivity index (χ0) is 13.0. The minimum Gasteiger partial charge on any atom is -0.497 e. The molecule has 1 heterocycles. The first-order valence-corrected chi connectivity index (χ1v) is 5.66. The van der Waals surface area contributed by atoms with E-state index in [1.165, 1.54) is 0 Å². The standard InChI is InChI=1S/C14H16N2O2/c1-17-11-4-3-10(8-15)13(7-11)14-6-5-12(18-2)9-16-14/h3-7,9H,8,15H2,1-2H3. The average molecular weight is 244 g/mol. The van der Waals surface area contributed by atoms with Gasteiger partial charge in [-0.3, -0.25) is 4.98 Å². The zero-order valence-electron chi connectivity index (χ0n) is 10.5. The van der Waals surface area contributed by atoms with Crippen LogP contribution in [0.5, 0.6) is 11.5 Å². The van der Waals surface area contributed by atoms with Crippen LogP contribution >= 0.6 is 0 Å². The fraction of sp³-hybridized carbons (Fsp3) is 0.214. The van der Waals surface area contributed by atoms with Crippen LogP contribution in [0.15, 0.2) is 36.5 Å². The van der Waals surface area contributed by atoms with Crippen LogP contribution in [-0.2, 0) is 6.54 Å². The number of methoxy groups -OCH3 is 2. The van der Waals surface area contributed by atoms with Gasteiger partial charge in [-0.1, -0.05) is 6.07 Å². The van der Waals surface area contributed by atoms with Gasteiger partial charge in [-0.25, -0.2) is 0 Å². The summed E-state index contributed by atoms with van der Waals surface area (Å²) in [6, 6.07) is 9.58. The lowest BCUT2D eigenvalue weighted by atomic mass is 10.0. The Bertz CT molecular complexity index is 524. The Labute approximate surface area is 106 Å². The smallest absolute Gasteiger partial charge is 0.137 e. The van der Waals surface area contributed by atoms with Crippen molar-refractivity contribution in [3.05, 3.63) is 42.1 Å². The van der Waals surface area contributed by atoms with E-state index in [0.717, 1.165) is 28.3 Å². The molecule has 0 aliphatic carbocycles. The van der Waals surface area contributed by atoms with Crippen LogP contribution in [-0.4, -0.2) is 19.2 Å². The van der Waals surface area contributed by atoms with Crippen molar-refractivity contribution < 1.29 is 9.47 Å². The van der Waals surface area contributed by atoms with E-state index in [1.807, 2.05) is 30.3 Å². The number of nitrogens with zero attached hydrogens (tertiary/aromatic N) is 1. The van der Waals surface area contributed by atoms with Crippen molar-refractivity contribution in [1.29, 1.82) is 0 Å². The van der Waals surface area contributed by atoms with Crippen molar-refractivity contribution in [2.45, 2.75) is 6.54 Å². The maximum absolute atomic E-state index is 5.74. The predicted molar refractivity (Wildman–Crippen MR) is 70.7 cm³/mol. The van der Waals surface area contributed by atoms with E-state index < -0.39 is 0 Å². The summed E-state index contributed by atoms with van der Waals surface area (Å²) in [6.45, 7) is 0.465. The molecule has 18 heavy (non-hydrogen) atoms. The van der Waals surface area contributed by atoms with E-state index in [0.29, 0.717) is 6.54 Å². The molecule has 1 aromatic heterocycles. The van der Waals surface area contributed by atoms with Gasteiger partial charge < -0.3 is 15.2 Å². The number of hydrogen-bond donors (Lipinski definition) is 1. The molecule has 2 rings (SSSR count). The molecule has 0 fully saturated rings. The van der Waals surface area contributed by atoms with E-state index in [1.54, 1.807) is 20.4 Å². The van der Waals surface area contributed by atoms with Gasteiger partial charge in [0.05, 0.1) is 26.1 Å². The van der Waals surface area contributed by atoms with Gasteiger partial charge in [-0.2, -0.15) is 0 Å². The fourth-order valence-corrected chi connectivity index (χ4v) is 1.76. The molecule has 4 heteroatoms. The topological polar surface area (TPSA) is 57.4 Å². The molecular weight excluding hydrogens is 228 g/mol. The maximum Gasteiger partial charge on any atom is 0.137 e. The van der Waals surface area contributed by atoms with E-state index in [9.17, 15) is 0 Å². The van der Waals surface area contributed by atoms with Crippen molar-refractivity contribution in [2.75, 3.05) is 14.2 Å². The molecule has 0 aliphatic rings. The molecule has 0 aliphatic heterocycles. The van der Waals surface area contributed by atoms with Crippen LogP contribution in [0.3, 0.4) is 0 Å². The van der Waals surface area contributed by atoms with Gasteiger partial charge in [0.2, 0.25) is 0 Å². The first kappa shape index (κ1) is 12.4. The summed E-state index contributed by atoms with van der Waals surface area (Å²) < 4.78 is 10.3. The monoisotopic (exact) mass is 244 g/mol. The van der Waals surface area contributed by atoms with Gasteiger partial charge in [-0.05, 0) is 29.8 Å². The lowest BCUT2D eigenvalue weighted by Gasteiger charge is -2.10. The third kappa shape index (κ3) is 2.43. The van der Waals surface area contributed by atoms with Crippen LogP contribution < -0.4 is 15.2 Å². The van der Waals surface area contributed by atoms with Gasteiger partial charge in [0.1, 0.15) is 11.5 Å². The van der Waals surface area contributed by atoms with Gasteiger partial charge in [0.25, 0.3) is 0 Å². The number of pyridine rings is 1. The summed E-state index contributed by atoms with van der Waals surface area (Å²) in [5.74, 6) is 1.52. The Hall–Kier alpha value is -2.07. The SMILES string of the molecule is COc1ccc(-c2cc(OC)ccc2CN)nc1. The van der Waals surface area contributed by atoms with Gasteiger partial charge in [0, 0.05) is 12.1 Å². The normalized spacial score (nSPS) is 10.2. The van der Waals surface area contributed by atoms with Crippen molar-refractivity contribution in [1.82, 2.24) is 4.98 Å². The molecule has 2 N–H and O–H groups in total. The van der Waals surface area contributed by atoms with Crippen molar-refractivity contribution in [2.24, 2.45) is 5.73 Å². The Morgan fingerprint density at radius 2 is 1.78 bits per heavy atom. The first-order valence-electron chi connectivity index (χ1n) is 5.66. The lowest BCUT2D eigenvalue weighted by molar-refractivity contribution is 0.413. The third-order valence-corrected chi connectivity index (χ3v) is 2.78. The number of nitrogens with two attached hydrogens (primary N) is 1. The van der Waals surface area contributed by atoms with Crippen molar-refractivity contribution in [3.8, 4) is 22.8 Å². The Morgan fingerprint density at radius 3 is 2.33 bits per heavy atom. The second-order valence-corrected chi connectivity index (χ2v) is 3.81. The highest BCUT2D eigenvalue weighted by atomic mass is 16.5. The molecule has 4 nitrogen and oxygen atoms in total. The summed E-state index contributed by atoms with van der Waals surface area (Å²) in [5, 5.41) is 0. The predicted octanol–water partition coefficient (Wildman–Crippen LogP) is 2.22. The van der Waals surface area contributed by atoms with Crippen LogP contribution in [0.1, 0.15) is 5.56 Å². The largest absolute Gasteiger partial charge is 0.497 e. The number of aromatic nitrogens is 1. The second-order valence-electron chi connectivity index (χ2n) is 3.81. The molecule has 0 unspecified atom stereocenters. The summed E-state index contributed by atoms with van der Waals surface area (Å²) in [7, 11) is 3.26. The van der Waals surface area contributed by atoms with E-state index in [2.05, 4.69) is 4.98 Å². The minimum absolute atomic E-state index is 0.465. The highest BCUT2D eigenvalue weighted by Gasteiger charge is 2.07. The summed E-state index contributed by atoms with van der Waals surface area (Å²) >= 11 is 0. The molecule has 0 amide bonds. The van der Waals surface area contributed by atoms with Crippen molar-refractivity contribution in [3.63, 3.8) is 0 Å². The highest BCUT2D eigenvalue weighted by molar-refractivity contribution is 5.66. The van der Waals surface area contributed by atoms with Gasteiger partial charge >= 0.3 is 0 Å². The Balaban J connectivity index is 2.46. The van der Waals surface area contributed by atoms with Gasteiger partial charge in [-0.15, -0.1) is 0 Å². The molecule has 0 saturated carbocycles. The van der Waals surface area contributed by atoms with Crippen LogP contribution in [0.25, 0.3) is 11.3 Å². The van der Waals surface area contributed by atoms with Crippen LogP contribution in [0, 0.1) is 0 Å². The quantitative estimate of drug-likeness (QED) is 0.896. The Kier molecular flexibility index (Phi) is 3.79. The van der Waals surface area contributed by atoms with E-state index in [-0.39, 0.29) is 0 Å². The number of ether oxygens (including phenoxy) is 2. The number of rotatable bonds is 4. The number of benzene rings is 1. The minimum atomic E-state index is 0.465. The lowest BCUT2D eigenvalue weighted by Crippen LogP contribution is -2.00. The molecule has 0 spiro atoms. The molecule has 2 aromatic rings. The molecule has 0 bridgehead atoms. The Morgan fingerprint density at radius 1 is 1.06 bits per heavy atom. The van der Waals surface area contributed by atoms with Crippen LogP contribution in [0.4, 0.5) is 0 Å². The molecular formula is C14H16N2O2. The highest BCUT2D eigenvalue weighted by Crippen LogP contribution is 2.27. The molecule has 94 valence electrons. The molecule has 1 aromatic carbocycles. The van der Waals surface area contributed by atoms with Crippen molar-refractivity contribution >= 4 is 0 Å².